The largest absolute Gasteiger partial charge is 0.330 e. The molecule has 0 aliphatic carbocycles. The smallest absolute Gasteiger partial charge is 0.163 e. The van der Waals surface area contributed by atoms with Crippen LogP contribution < -0.4 is 5.73 Å². The molecule has 0 aliphatic heterocycles. The van der Waals surface area contributed by atoms with Crippen molar-refractivity contribution in [2.45, 2.75) is 27.2 Å². The van der Waals surface area contributed by atoms with Crippen LogP contribution in [-0.2, 0) is 0 Å². The van der Waals surface area contributed by atoms with E-state index in [9.17, 15) is 4.79 Å². The summed E-state index contributed by atoms with van der Waals surface area (Å²) in [5, 5.41) is 0. The summed E-state index contributed by atoms with van der Waals surface area (Å²) in [6.45, 7) is 6.59. The van der Waals surface area contributed by atoms with Crippen molar-refractivity contribution in [3.63, 3.8) is 0 Å². The Labute approximate surface area is 91.5 Å². The van der Waals surface area contributed by atoms with Gasteiger partial charge in [-0.05, 0) is 38.4 Å². The lowest BCUT2D eigenvalue weighted by atomic mass is 9.97. The summed E-state index contributed by atoms with van der Waals surface area (Å²) in [4.78, 5) is 11.9. The lowest BCUT2D eigenvalue weighted by Gasteiger charge is -2.08. The van der Waals surface area contributed by atoms with Gasteiger partial charge in [-0.3, -0.25) is 4.79 Å². The fourth-order valence-electron chi connectivity index (χ4n) is 1.65. The highest BCUT2D eigenvalue weighted by Gasteiger charge is 2.10. The van der Waals surface area contributed by atoms with Gasteiger partial charge in [0.2, 0.25) is 0 Å². The first-order valence-electron chi connectivity index (χ1n) is 5.34. The Hall–Kier alpha value is -1.15. The number of ketones is 1. The van der Waals surface area contributed by atoms with Gasteiger partial charge in [0.05, 0.1) is 0 Å². The third-order valence-electron chi connectivity index (χ3n) is 2.48. The van der Waals surface area contributed by atoms with Crippen molar-refractivity contribution in [2.24, 2.45) is 11.7 Å². The first kappa shape index (κ1) is 11.9. The van der Waals surface area contributed by atoms with Gasteiger partial charge in [0, 0.05) is 12.0 Å². The summed E-state index contributed by atoms with van der Waals surface area (Å²) in [6, 6.07) is 5.96. The molecule has 0 bridgehead atoms. The SMILES string of the molecule is Cc1cc(C)cc(C(=O)CC(C)CN)c1. The van der Waals surface area contributed by atoms with Crippen LogP contribution >= 0.6 is 0 Å². The maximum Gasteiger partial charge on any atom is 0.163 e. The van der Waals surface area contributed by atoms with E-state index in [4.69, 9.17) is 5.73 Å². The summed E-state index contributed by atoms with van der Waals surface area (Å²) in [5.41, 5.74) is 8.59. The van der Waals surface area contributed by atoms with Gasteiger partial charge in [0.1, 0.15) is 0 Å². The second-order valence-electron chi connectivity index (χ2n) is 4.34. The highest BCUT2D eigenvalue weighted by molar-refractivity contribution is 5.96. The van der Waals surface area contributed by atoms with E-state index in [0.29, 0.717) is 13.0 Å². The molecule has 15 heavy (non-hydrogen) atoms. The van der Waals surface area contributed by atoms with Crippen LogP contribution in [0.25, 0.3) is 0 Å². The average Bonchev–Trinajstić information content (AvgIpc) is 2.16. The van der Waals surface area contributed by atoms with E-state index in [1.165, 1.54) is 0 Å². The van der Waals surface area contributed by atoms with Gasteiger partial charge >= 0.3 is 0 Å². The normalized spacial score (nSPS) is 12.5. The second-order valence-corrected chi connectivity index (χ2v) is 4.34. The van der Waals surface area contributed by atoms with E-state index in [2.05, 4.69) is 6.07 Å². The standard InChI is InChI=1S/C13H19NO/c1-9-4-10(2)6-12(5-9)13(15)7-11(3)8-14/h4-6,11H,7-8,14H2,1-3H3. The number of nitrogens with two attached hydrogens (primary N) is 1. The highest BCUT2D eigenvalue weighted by Crippen LogP contribution is 2.13. The van der Waals surface area contributed by atoms with Gasteiger partial charge in [-0.15, -0.1) is 0 Å². The van der Waals surface area contributed by atoms with E-state index < -0.39 is 0 Å². The number of rotatable bonds is 4. The zero-order valence-corrected chi connectivity index (χ0v) is 9.71. The van der Waals surface area contributed by atoms with Crippen LogP contribution in [0.3, 0.4) is 0 Å². The molecule has 1 aromatic rings. The topological polar surface area (TPSA) is 43.1 Å². The minimum Gasteiger partial charge on any atom is -0.330 e. The molecule has 1 atom stereocenters. The number of carbonyl (C=O) groups excluding carboxylic acids is 1. The van der Waals surface area contributed by atoms with Gasteiger partial charge in [-0.1, -0.05) is 24.1 Å². The predicted octanol–water partition coefficient (Wildman–Crippen LogP) is 2.47. The first-order valence-corrected chi connectivity index (χ1v) is 5.34. The van der Waals surface area contributed by atoms with E-state index in [-0.39, 0.29) is 11.7 Å². The lowest BCUT2D eigenvalue weighted by Crippen LogP contribution is -2.15. The van der Waals surface area contributed by atoms with Gasteiger partial charge in [-0.2, -0.15) is 0 Å². The Balaban J connectivity index is 2.82. The van der Waals surface area contributed by atoms with Crippen molar-refractivity contribution in [1.29, 1.82) is 0 Å². The molecule has 82 valence electrons. The number of aryl methyl sites for hydroxylation is 2. The number of hydrogen-bond donors (Lipinski definition) is 1. The third-order valence-corrected chi connectivity index (χ3v) is 2.48. The predicted molar refractivity (Wildman–Crippen MR) is 63.1 cm³/mol. The van der Waals surface area contributed by atoms with Crippen molar-refractivity contribution in [3.05, 3.63) is 34.9 Å². The molecule has 2 heteroatoms. The zero-order chi connectivity index (χ0) is 11.4. The summed E-state index contributed by atoms with van der Waals surface area (Å²) in [7, 11) is 0. The minimum absolute atomic E-state index is 0.194. The fraction of sp³-hybridized carbons (Fsp3) is 0.462. The Morgan fingerprint density at radius 1 is 1.27 bits per heavy atom. The van der Waals surface area contributed by atoms with Crippen molar-refractivity contribution in [2.75, 3.05) is 6.54 Å². The molecule has 0 aromatic heterocycles. The Kier molecular flexibility index (Phi) is 4.04. The summed E-state index contributed by atoms with van der Waals surface area (Å²) < 4.78 is 0. The van der Waals surface area contributed by atoms with E-state index in [1.54, 1.807) is 0 Å². The quantitative estimate of drug-likeness (QED) is 0.767. The molecule has 1 aromatic carbocycles. The molecule has 0 aliphatic rings. The molecule has 1 unspecified atom stereocenters. The van der Waals surface area contributed by atoms with Crippen LogP contribution in [0.1, 0.15) is 34.8 Å². The molecule has 0 fully saturated rings. The molecule has 2 nitrogen and oxygen atoms in total. The Morgan fingerprint density at radius 2 is 1.80 bits per heavy atom. The summed E-state index contributed by atoms with van der Waals surface area (Å²) in [6.07, 6.45) is 0.541. The molecule has 0 amide bonds. The van der Waals surface area contributed by atoms with Crippen molar-refractivity contribution >= 4 is 5.78 Å². The number of carbonyl (C=O) groups is 1. The molecule has 0 heterocycles. The van der Waals surface area contributed by atoms with Crippen molar-refractivity contribution < 1.29 is 4.79 Å². The zero-order valence-electron chi connectivity index (χ0n) is 9.71. The number of Topliss-reactive ketones (excluding diaryl/α,β-unsaturated/α-hetero) is 1. The van der Waals surface area contributed by atoms with Crippen LogP contribution in [-0.4, -0.2) is 12.3 Å². The summed E-state index contributed by atoms with van der Waals surface area (Å²) >= 11 is 0. The van der Waals surface area contributed by atoms with Crippen molar-refractivity contribution in [3.8, 4) is 0 Å². The van der Waals surface area contributed by atoms with E-state index >= 15 is 0 Å². The lowest BCUT2D eigenvalue weighted by molar-refractivity contribution is 0.0965. The average molecular weight is 205 g/mol. The van der Waals surface area contributed by atoms with Gasteiger partial charge in [-0.25, -0.2) is 0 Å². The minimum atomic E-state index is 0.194. The number of benzene rings is 1. The maximum atomic E-state index is 11.9. The van der Waals surface area contributed by atoms with Crippen LogP contribution in [0.4, 0.5) is 0 Å². The molecule has 1 rings (SSSR count). The van der Waals surface area contributed by atoms with Gasteiger partial charge in [0.15, 0.2) is 5.78 Å². The van der Waals surface area contributed by atoms with Crippen LogP contribution in [0.2, 0.25) is 0 Å². The molecule has 0 radical (unpaired) electrons. The van der Waals surface area contributed by atoms with Crippen LogP contribution in [0.15, 0.2) is 18.2 Å². The van der Waals surface area contributed by atoms with Crippen molar-refractivity contribution in [1.82, 2.24) is 0 Å². The molecular formula is C13H19NO. The molecule has 2 N–H and O–H groups in total. The summed E-state index contributed by atoms with van der Waals surface area (Å²) in [5.74, 6) is 0.457. The van der Waals surface area contributed by atoms with Crippen LogP contribution in [0, 0.1) is 19.8 Å². The maximum absolute atomic E-state index is 11.9. The Morgan fingerprint density at radius 3 is 2.27 bits per heavy atom. The molecule has 0 saturated heterocycles. The van der Waals surface area contributed by atoms with Gasteiger partial charge in [0.25, 0.3) is 0 Å². The Bertz CT molecular complexity index is 337. The molecule has 0 spiro atoms. The number of hydrogen-bond acceptors (Lipinski definition) is 2. The van der Waals surface area contributed by atoms with E-state index in [0.717, 1.165) is 16.7 Å². The monoisotopic (exact) mass is 205 g/mol. The van der Waals surface area contributed by atoms with Gasteiger partial charge < -0.3 is 5.73 Å². The third kappa shape index (κ3) is 3.48. The highest BCUT2D eigenvalue weighted by atomic mass is 16.1. The molecular weight excluding hydrogens is 186 g/mol. The fourth-order valence-corrected chi connectivity index (χ4v) is 1.65. The second kappa shape index (κ2) is 5.08. The van der Waals surface area contributed by atoms with Crippen LogP contribution in [0.5, 0.6) is 0 Å². The first-order chi connectivity index (χ1) is 7.02. The van der Waals surface area contributed by atoms with E-state index in [1.807, 2.05) is 32.9 Å². The molecule has 0 saturated carbocycles.